The average Bonchev–Trinajstić information content (AvgIpc) is 2.17. The van der Waals surface area contributed by atoms with Crippen LogP contribution < -0.4 is 0 Å². The molecule has 90 valence electrons. The first-order valence-corrected chi connectivity index (χ1v) is 6.79. The minimum absolute atomic E-state index is 0.0951. The third-order valence-electron chi connectivity index (χ3n) is 2.22. The van der Waals surface area contributed by atoms with Gasteiger partial charge < -0.3 is 4.74 Å². The fourth-order valence-electron chi connectivity index (χ4n) is 1.66. The Morgan fingerprint density at radius 2 is 1.75 bits per heavy atom. The molecule has 0 aliphatic carbocycles. The second kappa shape index (κ2) is 4.97. The fourth-order valence-corrected chi connectivity index (χ4v) is 3.51. The molecule has 0 unspecified atom stereocenters. The first-order valence-electron chi connectivity index (χ1n) is 5.14. The van der Waals surface area contributed by atoms with E-state index in [2.05, 4.69) is 0 Å². The topological polar surface area (TPSA) is 43.4 Å². The van der Waals surface area contributed by atoms with Crippen molar-refractivity contribution in [2.24, 2.45) is 5.41 Å². The molecule has 0 aliphatic rings. The fraction of sp³-hybridized carbons (Fsp3) is 0.500. The number of methoxy groups -OCH3 is 1. The summed E-state index contributed by atoms with van der Waals surface area (Å²) in [5, 5.41) is 0. The van der Waals surface area contributed by atoms with Crippen molar-refractivity contribution in [1.82, 2.24) is 0 Å². The molecule has 0 amide bonds. The summed E-state index contributed by atoms with van der Waals surface area (Å²) in [6, 6.07) is 8.52. The van der Waals surface area contributed by atoms with Crippen molar-refractivity contribution in [3.63, 3.8) is 0 Å². The van der Waals surface area contributed by atoms with Crippen LogP contribution in [0.3, 0.4) is 0 Å². The molecule has 1 rings (SSSR count). The molecule has 1 aromatic rings. The van der Waals surface area contributed by atoms with Crippen LogP contribution >= 0.6 is 0 Å². The molecule has 0 bridgehead atoms. The molecule has 16 heavy (non-hydrogen) atoms. The third kappa shape index (κ3) is 3.61. The summed E-state index contributed by atoms with van der Waals surface area (Å²) in [7, 11) is -1.64. The molecule has 0 heterocycles. The van der Waals surface area contributed by atoms with Crippen molar-refractivity contribution in [2.75, 3.05) is 19.5 Å². The molecule has 0 saturated heterocycles. The molecule has 0 atom stereocenters. The predicted molar refractivity (Wildman–Crippen MR) is 64.2 cm³/mol. The third-order valence-corrected chi connectivity index (χ3v) is 4.37. The van der Waals surface area contributed by atoms with E-state index in [0.29, 0.717) is 11.5 Å². The van der Waals surface area contributed by atoms with Crippen LogP contribution in [0.5, 0.6) is 0 Å². The summed E-state index contributed by atoms with van der Waals surface area (Å²) >= 11 is 0. The minimum Gasteiger partial charge on any atom is -0.384 e. The Kier molecular flexibility index (Phi) is 4.10. The highest BCUT2D eigenvalue weighted by atomic mass is 32.2. The molecular weight excluding hydrogens is 224 g/mol. The summed E-state index contributed by atoms with van der Waals surface area (Å²) in [6.07, 6.45) is 0. The number of hydrogen-bond acceptors (Lipinski definition) is 3. The van der Waals surface area contributed by atoms with Crippen LogP contribution in [0.4, 0.5) is 0 Å². The van der Waals surface area contributed by atoms with Gasteiger partial charge >= 0.3 is 0 Å². The maximum absolute atomic E-state index is 12.1. The Labute approximate surface area is 97.4 Å². The molecule has 0 N–H and O–H groups in total. The molecule has 0 fully saturated rings. The SMILES string of the molecule is COCC(C)(C)CS(=O)(=O)c1ccccc1. The largest absolute Gasteiger partial charge is 0.384 e. The van der Waals surface area contributed by atoms with Crippen LogP contribution in [-0.2, 0) is 14.6 Å². The summed E-state index contributed by atoms with van der Waals surface area (Å²) < 4.78 is 29.2. The molecule has 1 aromatic carbocycles. The van der Waals surface area contributed by atoms with Crippen LogP contribution in [0.2, 0.25) is 0 Å². The van der Waals surface area contributed by atoms with Crippen LogP contribution in [0, 0.1) is 5.41 Å². The van der Waals surface area contributed by atoms with Gasteiger partial charge in [0.25, 0.3) is 0 Å². The van der Waals surface area contributed by atoms with Crippen molar-refractivity contribution in [3.05, 3.63) is 30.3 Å². The van der Waals surface area contributed by atoms with Crippen molar-refractivity contribution >= 4 is 9.84 Å². The van der Waals surface area contributed by atoms with Gasteiger partial charge in [0.05, 0.1) is 17.3 Å². The summed E-state index contributed by atoms with van der Waals surface area (Å²) in [4.78, 5) is 0.374. The summed E-state index contributed by atoms with van der Waals surface area (Å²) in [5.74, 6) is 0.0951. The van der Waals surface area contributed by atoms with E-state index >= 15 is 0 Å². The molecule has 0 aliphatic heterocycles. The van der Waals surface area contributed by atoms with E-state index in [1.54, 1.807) is 37.4 Å². The van der Waals surface area contributed by atoms with Gasteiger partial charge in [0, 0.05) is 12.5 Å². The molecule has 3 nitrogen and oxygen atoms in total. The van der Waals surface area contributed by atoms with Crippen molar-refractivity contribution in [1.29, 1.82) is 0 Å². The predicted octanol–water partition coefficient (Wildman–Crippen LogP) is 2.13. The van der Waals surface area contributed by atoms with Gasteiger partial charge in [0.1, 0.15) is 0 Å². The van der Waals surface area contributed by atoms with E-state index in [0.717, 1.165) is 0 Å². The van der Waals surface area contributed by atoms with Crippen LogP contribution in [0.15, 0.2) is 35.2 Å². The van der Waals surface area contributed by atoms with Crippen molar-refractivity contribution in [3.8, 4) is 0 Å². The zero-order chi connectivity index (χ0) is 12.2. The Morgan fingerprint density at radius 1 is 1.19 bits per heavy atom. The Balaban J connectivity index is 2.89. The molecule has 4 heteroatoms. The van der Waals surface area contributed by atoms with Crippen molar-refractivity contribution < 1.29 is 13.2 Å². The molecule has 0 aromatic heterocycles. The van der Waals surface area contributed by atoms with Crippen molar-refractivity contribution in [2.45, 2.75) is 18.7 Å². The average molecular weight is 242 g/mol. The number of benzene rings is 1. The highest BCUT2D eigenvalue weighted by Gasteiger charge is 2.27. The lowest BCUT2D eigenvalue weighted by atomic mass is 9.98. The van der Waals surface area contributed by atoms with E-state index in [1.165, 1.54) is 0 Å². The second-order valence-corrected chi connectivity index (χ2v) is 6.66. The van der Waals surface area contributed by atoms with E-state index < -0.39 is 9.84 Å². The normalized spacial score (nSPS) is 12.7. The zero-order valence-electron chi connectivity index (χ0n) is 9.93. The number of hydrogen-bond donors (Lipinski definition) is 0. The number of ether oxygens (including phenoxy) is 1. The Hall–Kier alpha value is -0.870. The zero-order valence-corrected chi connectivity index (χ0v) is 10.8. The lowest BCUT2D eigenvalue weighted by Crippen LogP contribution is -2.28. The monoisotopic (exact) mass is 242 g/mol. The van der Waals surface area contributed by atoms with E-state index in [-0.39, 0.29) is 11.2 Å². The smallest absolute Gasteiger partial charge is 0.178 e. The van der Waals surface area contributed by atoms with Gasteiger partial charge in [-0.15, -0.1) is 0 Å². The van der Waals surface area contributed by atoms with Gasteiger partial charge in [-0.25, -0.2) is 8.42 Å². The van der Waals surface area contributed by atoms with Gasteiger partial charge in [0.15, 0.2) is 9.84 Å². The van der Waals surface area contributed by atoms with Crippen LogP contribution in [0.1, 0.15) is 13.8 Å². The Morgan fingerprint density at radius 3 is 2.25 bits per heavy atom. The molecule has 0 spiro atoms. The van der Waals surface area contributed by atoms with Crippen LogP contribution in [-0.4, -0.2) is 27.9 Å². The van der Waals surface area contributed by atoms with Crippen LogP contribution in [0.25, 0.3) is 0 Å². The quantitative estimate of drug-likeness (QED) is 0.794. The highest BCUT2D eigenvalue weighted by Crippen LogP contribution is 2.22. The lowest BCUT2D eigenvalue weighted by molar-refractivity contribution is 0.118. The first-order chi connectivity index (χ1) is 7.37. The Bertz CT molecular complexity index is 421. The maximum atomic E-state index is 12.1. The highest BCUT2D eigenvalue weighted by molar-refractivity contribution is 7.91. The van der Waals surface area contributed by atoms with E-state index in [1.807, 2.05) is 13.8 Å². The van der Waals surface area contributed by atoms with E-state index in [9.17, 15) is 8.42 Å². The lowest BCUT2D eigenvalue weighted by Gasteiger charge is -2.23. The van der Waals surface area contributed by atoms with Gasteiger partial charge in [-0.3, -0.25) is 0 Å². The van der Waals surface area contributed by atoms with Gasteiger partial charge in [0.2, 0.25) is 0 Å². The number of sulfone groups is 1. The van der Waals surface area contributed by atoms with Gasteiger partial charge in [-0.1, -0.05) is 32.0 Å². The minimum atomic E-state index is -3.22. The standard InChI is InChI=1S/C12H18O3S/c1-12(2,9-15-3)10-16(13,14)11-7-5-4-6-8-11/h4-8H,9-10H2,1-3H3. The second-order valence-electron chi connectivity index (χ2n) is 4.67. The first kappa shape index (κ1) is 13.2. The maximum Gasteiger partial charge on any atom is 0.178 e. The molecule has 0 radical (unpaired) electrons. The van der Waals surface area contributed by atoms with E-state index in [4.69, 9.17) is 4.74 Å². The number of rotatable bonds is 5. The summed E-state index contributed by atoms with van der Waals surface area (Å²) in [5.41, 5.74) is -0.372. The van der Waals surface area contributed by atoms with Gasteiger partial charge in [-0.05, 0) is 12.1 Å². The van der Waals surface area contributed by atoms with Gasteiger partial charge in [-0.2, -0.15) is 0 Å². The summed E-state index contributed by atoms with van der Waals surface area (Å²) in [6.45, 7) is 4.20. The molecular formula is C12H18O3S. The molecule has 0 saturated carbocycles.